The summed E-state index contributed by atoms with van der Waals surface area (Å²) in [5.74, 6) is -0.978. The first-order valence-electron chi connectivity index (χ1n) is 8.19. The van der Waals surface area contributed by atoms with Gasteiger partial charge in [-0.3, -0.25) is 9.48 Å². The van der Waals surface area contributed by atoms with Crippen LogP contribution in [0.15, 0.2) is 30.3 Å². The van der Waals surface area contributed by atoms with E-state index in [-0.39, 0.29) is 12.5 Å². The molecule has 2 rings (SSSR count). The predicted octanol–water partition coefficient (Wildman–Crippen LogP) is 2.95. The van der Waals surface area contributed by atoms with E-state index in [1.54, 1.807) is 16.8 Å². The number of nitrogens with zero attached hydrogens (tertiary/aromatic N) is 2. The lowest BCUT2D eigenvalue weighted by atomic mass is 10.2. The Hall–Kier alpha value is -2.60. The average molecular weight is 376 g/mol. The second-order valence-corrected chi connectivity index (χ2v) is 6.34. The molecule has 0 saturated heterocycles. The Morgan fingerprint density at radius 3 is 2.65 bits per heavy atom. The Labute approximate surface area is 157 Å². The van der Waals surface area contributed by atoms with Crippen molar-refractivity contribution in [2.45, 2.75) is 33.4 Å². The summed E-state index contributed by atoms with van der Waals surface area (Å²) >= 11 is 6.05. The van der Waals surface area contributed by atoms with Gasteiger partial charge in [0.15, 0.2) is 6.10 Å². The van der Waals surface area contributed by atoms with Crippen LogP contribution in [0.1, 0.15) is 29.4 Å². The third kappa shape index (κ3) is 4.95. The van der Waals surface area contributed by atoms with E-state index < -0.39 is 12.1 Å². The number of hydrogen-bond acceptors (Lipinski definition) is 4. The highest BCUT2D eigenvalue weighted by Crippen LogP contribution is 2.15. The van der Waals surface area contributed by atoms with Crippen molar-refractivity contribution in [2.24, 2.45) is 7.05 Å². The molecule has 1 N–H and O–H groups in total. The lowest BCUT2D eigenvalue weighted by Gasteiger charge is -2.13. The zero-order chi connectivity index (χ0) is 19.3. The Kier molecular flexibility index (Phi) is 6.58. The summed E-state index contributed by atoms with van der Waals surface area (Å²) in [4.78, 5) is 24.0. The number of nitrogens with one attached hydrogen (secondary N) is 1. The van der Waals surface area contributed by atoms with Gasteiger partial charge in [0.2, 0.25) is 0 Å². The van der Waals surface area contributed by atoms with Crippen molar-refractivity contribution in [3.05, 3.63) is 57.9 Å². The molecule has 0 bridgehead atoms. The van der Waals surface area contributed by atoms with Gasteiger partial charge in [0, 0.05) is 35.9 Å². The van der Waals surface area contributed by atoms with Gasteiger partial charge < -0.3 is 10.1 Å². The molecule has 0 unspecified atom stereocenters. The van der Waals surface area contributed by atoms with Gasteiger partial charge in [0.25, 0.3) is 5.91 Å². The summed E-state index contributed by atoms with van der Waals surface area (Å²) in [6.45, 7) is 5.57. The number of ether oxygens (including phenoxy) is 1. The number of rotatable bonds is 6. The van der Waals surface area contributed by atoms with E-state index in [4.69, 9.17) is 16.3 Å². The average Bonchev–Trinajstić information content (AvgIpc) is 2.84. The number of hydrogen-bond donors (Lipinski definition) is 1. The van der Waals surface area contributed by atoms with Crippen molar-refractivity contribution in [3.63, 3.8) is 0 Å². The number of esters is 1. The van der Waals surface area contributed by atoms with Gasteiger partial charge in [0.05, 0.1) is 5.69 Å². The molecule has 0 aliphatic heterocycles. The van der Waals surface area contributed by atoms with Gasteiger partial charge in [-0.2, -0.15) is 5.10 Å². The molecular formula is C19H22ClN3O3. The molecule has 1 aromatic carbocycles. The number of amides is 1. The molecule has 0 aliphatic carbocycles. The third-order valence-electron chi connectivity index (χ3n) is 4.02. The molecule has 0 saturated carbocycles. The van der Waals surface area contributed by atoms with E-state index in [0.29, 0.717) is 5.02 Å². The standard InChI is InChI=1S/C19H22ClN3O3/c1-12-16(13(2)23(4)22-12)9-10-18(24)26-14(3)19(25)21-11-15-7-5-6-8-17(15)20/h5-10,14H,11H2,1-4H3,(H,21,25)/b10-9+/t14-/m1/s1. The fourth-order valence-electron chi connectivity index (χ4n) is 2.42. The van der Waals surface area contributed by atoms with Crippen LogP contribution in [0.25, 0.3) is 6.08 Å². The summed E-state index contributed by atoms with van der Waals surface area (Å²) < 4.78 is 6.88. The second kappa shape index (κ2) is 8.67. The van der Waals surface area contributed by atoms with E-state index in [0.717, 1.165) is 22.5 Å². The highest BCUT2D eigenvalue weighted by Gasteiger charge is 2.17. The molecule has 6 nitrogen and oxygen atoms in total. The van der Waals surface area contributed by atoms with Crippen LogP contribution < -0.4 is 5.32 Å². The highest BCUT2D eigenvalue weighted by atomic mass is 35.5. The highest BCUT2D eigenvalue weighted by molar-refractivity contribution is 6.31. The SMILES string of the molecule is Cc1nn(C)c(C)c1/C=C/C(=O)O[C@H](C)C(=O)NCc1ccccc1Cl. The van der Waals surface area contributed by atoms with Crippen molar-refractivity contribution < 1.29 is 14.3 Å². The lowest BCUT2D eigenvalue weighted by molar-refractivity contribution is -0.150. The van der Waals surface area contributed by atoms with Gasteiger partial charge in [-0.25, -0.2) is 4.79 Å². The Morgan fingerprint density at radius 2 is 2.04 bits per heavy atom. The molecule has 1 aromatic heterocycles. The normalized spacial score (nSPS) is 12.2. The Morgan fingerprint density at radius 1 is 1.35 bits per heavy atom. The second-order valence-electron chi connectivity index (χ2n) is 5.93. The van der Waals surface area contributed by atoms with E-state index in [9.17, 15) is 9.59 Å². The number of carbonyl (C=O) groups excluding carboxylic acids is 2. The smallest absolute Gasteiger partial charge is 0.331 e. The van der Waals surface area contributed by atoms with E-state index in [1.165, 1.54) is 13.0 Å². The minimum absolute atomic E-state index is 0.268. The Bertz CT molecular complexity index is 843. The molecule has 26 heavy (non-hydrogen) atoms. The van der Waals surface area contributed by atoms with Crippen LogP contribution in [0.4, 0.5) is 0 Å². The quantitative estimate of drug-likeness (QED) is 0.622. The van der Waals surface area contributed by atoms with Crippen LogP contribution in [-0.2, 0) is 27.9 Å². The zero-order valence-corrected chi connectivity index (χ0v) is 16.0. The summed E-state index contributed by atoms with van der Waals surface area (Å²) in [5.41, 5.74) is 3.42. The van der Waals surface area contributed by atoms with Crippen LogP contribution in [0.5, 0.6) is 0 Å². The molecule has 1 heterocycles. The monoisotopic (exact) mass is 375 g/mol. The topological polar surface area (TPSA) is 73.2 Å². The summed E-state index contributed by atoms with van der Waals surface area (Å²) in [7, 11) is 1.84. The van der Waals surface area contributed by atoms with E-state index >= 15 is 0 Å². The first-order chi connectivity index (χ1) is 12.3. The van der Waals surface area contributed by atoms with Gasteiger partial charge in [-0.05, 0) is 38.5 Å². The molecule has 0 radical (unpaired) electrons. The fraction of sp³-hybridized carbons (Fsp3) is 0.316. The van der Waals surface area contributed by atoms with E-state index in [2.05, 4.69) is 10.4 Å². The summed E-state index contributed by atoms with van der Waals surface area (Å²) in [6, 6.07) is 7.22. The van der Waals surface area contributed by atoms with Gasteiger partial charge in [-0.15, -0.1) is 0 Å². The number of benzene rings is 1. The maximum atomic E-state index is 12.1. The zero-order valence-electron chi connectivity index (χ0n) is 15.2. The van der Waals surface area contributed by atoms with Crippen LogP contribution in [-0.4, -0.2) is 27.8 Å². The van der Waals surface area contributed by atoms with Crippen molar-refractivity contribution in [3.8, 4) is 0 Å². The first kappa shape index (κ1) is 19.7. The minimum atomic E-state index is -0.911. The molecule has 138 valence electrons. The van der Waals surface area contributed by atoms with Crippen LogP contribution >= 0.6 is 11.6 Å². The maximum Gasteiger partial charge on any atom is 0.331 e. The number of carbonyl (C=O) groups is 2. The largest absolute Gasteiger partial charge is 0.449 e. The molecule has 1 atom stereocenters. The molecule has 0 aliphatic rings. The predicted molar refractivity (Wildman–Crippen MR) is 101 cm³/mol. The van der Waals surface area contributed by atoms with Gasteiger partial charge in [0.1, 0.15) is 0 Å². The van der Waals surface area contributed by atoms with Crippen molar-refractivity contribution in [1.82, 2.24) is 15.1 Å². The van der Waals surface area contributed by atoms with Crippen molar-refractivity contribution >= 4 is 29.6 Å². The maximum absolute atomic E-state index is 12.1. The molecular weight excluding hydrogens is 354 g/mol. The summed E-state index contributed by atoms with van der Waals surface area (Å²) in [5, 5.41) is 7.55. The number of halogens is 1. The van der Waals surface area contributed by atoms with Crippen LogP contribution in [0, 0.1) is 13.8 Å². The lowest BCUT2D eigenvalue weighted by Crippen LogP contribution is -2.35. The molecule has 0 spiro atoms. The van der Waals surface area contributed by atoms with Crippen LogP contribution in [0.3, 0.4) is 0 Å². The van der Waals surface area contributed by atoms with Gasteiger partial charge in [-0.1, -0.05) is 29.8 Å². The van der Waals surface area contributed by atoms with Crippen molar-refractivity contribution in [1.29, 1.82) is 0 Å². The van der Waals surface area contributed by atoms with Crippen LogP contribution in [0.2, 0.25) is 5.02 Å². The first-order valence-corrected chi connectivity index (χ1v) is 8.57. The molecule has 7 heteroatoms. The molecule has 1 amide bonds. The Balaban J connectivity index is 1.89. The fourth-order valence-corrected chi connectivity index (χ4v) is 2.62. The number of aryl methyl sites for hydroxylation is 2. The van der Waals surface area contributed by atoms with E-state index in [1.807, 2.05) is 39.1 Å². The third-order valence-corrected chi connectivity index (χ3v) is 4.39. The number of aromatic nitrogens is 2. The summed E-state index contributed by atoms with van der Waals surface area (Å²) in [6.07, 6.45) is 2.04. The van der Waals surface area contributed by atoms with Crippen molar-refractivity contribution in [2.75, 3.05) is 0 Å². The molecule has 0 fully saturated rings. The minimum Gasteiger partial charge on any atom is -0.449 e. The molecule has 2 aromatic rings. The van der Waals surface area contributed by atoms with Gasteiger partial charge >= 0.3 is 5.97 Å².